The molecule has 3 rings (SSSR count). The number of benzene rings is 1. The van der Waals surface area contributed by atoms with Gasteiger partial charge in [0.15, 0.2) is 0 Å². The zero-order chi connectivity index (χ0) is 18.2. The van der Waals surface area contributed by atoms with Crippen LogP contribution in [0.3, 0.4) is 0 Å². The Labute approximate surface area is 152 Å². The van der Waals surface area contributed by atoms with Crippen molar-refractivity contribution in [2.24, 2.45) is 5.14 Å². The highest BCUT2D eigenvalue weighted by Gasteiger charge is 2.24. The minimum Gasteiger partial charge on any atom is -0.368 e. The van der Waals surface area contributed by atoms with Crippen molar-refractivity contribution in [2.45, 2.75) is 31.1 Å². The van der Waals surface area contributed by atoms with Gasteiger partial charge in [-0.3, -0.25) is 0 Å². The number of hydrogen-bond donors (Lipinski definition) is 1. The van der Waals surface area contributed by atoms with Gasteiger partial charge in [-0.2, -0.15) is 0 Å². The van der Waals surface area contributed by atoms with E-state index in [9.17, 15) is 8.42 Å². The van der Waals surface area contributed by atoms with Gasteiger partial charge >= 0.3 is 0 Å². The molecule has 1 aliphatic rings. The van der Waals surface area contributed by atoms with Gasteiger partial charge in [-0.05, 0) is 24.3 Å². The summed E-state index contributed by atoms with van der Waals surface area (Å²) in [5, 5.41) is 15.8. The van der Waals surface area contributed by atoms with Gasteiger partial charge in [0.25, 0.3) is 0 Å². The molecule has 2 aromatic rings. The number of hydrogen-bond acceptors (Lipinski definition) is 7. The number of anilines is 2. The van der Waals surface area contributed by atoms with E-state index >= 15 is 0 Å². The Morgan fingerprint density at radius 2 is 1.56 bits per heavy atom. The van der Waals surface area contributed by atoms with Gasteiger partial charge in [0.2, 0.25) is 15.2 Å². The van der Waals surface area contributed by atoms with Crippen LogP contribution in [-0.4, -0.2) is 44.8 Å². The first-order chi connectivity index (χ1) is 11.6. The van der Waals surface area contributed by atoms with Gasteiger partial charge in [-0.1, -0.05) is 32.1 Å². The second-order valence-corrected chi connectivity index (χ2v) is 9.67. The molecule has 0 amide bonds. The van der Waals surface area contributed by atoms with Crippen LogP contribution in [0.15, 0.2) is 29.2 Å². The van der Waals surface area contributed by atoms with Crippen LogP contribution in [-0.2, 0) is 15.4 Å². The minimum atomic E-state index is -3.65. The van der Waals surface area contributed by atoms with Gasteiger partial charge in [0.05, 0.1) is 4.90 Å². The Balaban J connectivity index is 1.65. The first-order valence-electron chi connectivity index (χ1n) is 8.11. The van der Waals surface area contributed by atoms with E-state index in [4.69, 9.17) is 5.14 Å². The largest absolute Gasteiger partial charge is 0.368 e. The first kappa shape index (κ1) is 18.1. The Hall–Kier alpha value is -1.71. The van der Waals surface area contributed by atoms with Crippen molar-refractivity contribution in [3.8, 4) is 0 Å². The maximum atomic E-state index is 11.3. The summed E-state index contributed by atoms with van der Waals surface area (Å²) in [4.78, 5) is 4.62. The summed E-state index contributed by atoms with van der Waals surface area (Å²) in [6.45, 7) is 9.82. The summed E-state index contributed by atoms with van der Waals surface area (Å²) in [7, 11) is -3.65. The molecule has 1 fully saturated rings. The minimum absolute atomic E-state index is 0.0167. The molecule has 136 valence electrons. The number of sulfonamides is 1. The summed E-state index contributed by atoms with van der Waals surface area (Å²) in [6, 6.07) is 6.71. The maximum Gasteiger partial charge on any atom is 0.238 e. The summed E-state index contributed by atoms with van der Waals surface area (Å²) >= 11 is 1.65. The molecule has 0 radical (unpaired) electrons. The number of nitrogens with zero attached hydrogens (tertiary/aromatic N) is 4. The van der Waals surface area contributed by atoms with Gasteiger partial charge in [-0.25, -0.2) is 13.6 Å². The van der Waals surface area contributed by atoms with E-state index in [0.29, 0.717) is 0 Å². The van der Waals surface area contributed by atoms with Crippen LogP contribution in [0, 0.1) is 0 Å². The lowest BCUT2D eigenvalue weighted by atomic mass is 9.98. The molecule has 2 heterocycles. The first-order valence-corrected chi connectivity index (χ1v) is 10.5. The molecule has 0 aliphatic carbocycles. The van der Waals surface area contributed by atoms with Crippen molar-refractivity contribution >= 4 is 32.2 Å². The van der Waals surface area contributed by atoms with Crippen molar-refractivity contribution in [1.82, 2.24) is 10.2 Å². The quantitative estimate of drug-likeness (QED) is 0.872. The van der Waals surface area contributed by atoms with E-state index in [1.807, 2.05) is 0 Å². The fourth-order valence-corrected chi connectivity index (χ4v) is 4.12. The number of nitrogens with two attached hydrogens (primary N) is 1. The molecule has 1 saturated heterocycles. The Bertz CT molecular complexity index is 832. The monoisotopic (exact) mass is 381 g/mol. The highest BCUT2D eigenvalue weighted by Crippen LogP contribution is 2.30. The summed E-state index contributed by atoms with van der Waals surface area (Å²) < 4.78 is 22.7. The highest BCUT2D eigenvalue weighted by molar-refractivity contribution is 7.89. The van der Waals surface area contributed by atoms with Crippen molar-refractivity contribution in [1.29, 1.82) is 0 Å². The fraction of sp³-hybridized carbons (Fsp3) is 0.500. The molecule has 0 atom stereocenters. The zero-order valence-electron chi connectivity index (χ0n) is 14.6. The van der Waals surface area contributed by atoms with E-state index in [-0.39, 0.29) is 10.3 Å². The SMILES string of the molecule is CC(C)(C)c1nnc(N2CCN(c3ccc(S(N)(=O)=O)cc3)CC2)s1. The zero-order valence-corrected chi connectivity index (χ0v) is 16.3. The average molecular weight is 382 g/mol. The topological polar surface area (TPSA) is 92.4 Å². The van der Waals surface area contributed by atoms with Gasteiger partial charge in [0, 0.05) is 37.3 Å². The van der Waals surface area contributed by atoms with Crippen LogP contribution in [0.5, 0.6) is 0 Å². The summed E-state index contributed by atoms with van der Waals surface area (Å²) in [6.07, 6.45) is 0. The molecule has 0 saturated carbocycles. The average Bonchev–Trinajstić information content (AvgIpc) is 3.05. The second kappa shape index (κ2) is 6.54. The third kappa shape index (κ3) is 4.10. The lowest BCUT2D eigenvalue weighted by Crippen LogP contribution is -2.46. The standard InChI is InChI=1S/C16H23N5O2S2/c1-16(2,3)14-18-19-15(24-14)21-10-8-20(9-11-21)12-4-6-13(7-5-12)25(17,22)23/h4-7H,8-11H2,1-3H3,(H2,17,22,23). The summed E-state index contributed by atoms with van der Waals surface area (Å²) in [5.74, 6) is 0. The molecule has 25 heavy (non-hydrogen) atoms. The van der Waals surface area contributed by atoms with E-state index in [0.717, 1.165) is 42.0 Å². The van der Waals surface area contributed by atoms with Gasteiger partial charge in [-0.15, -0.1) is 10.2 Å². The third-order valence-electron chi connectivity index (χ3n) is 4.14. The molecule has 0 unspecified atom stereocenters. The Morgan fingerprint density at radius 1 is 1.00 bits per heavy atom. The number of aromatic nitrogens is 2. The molecule has 9 heteroatoms. The van der Waals surface area contributed by atoms with E-state index < -0.39 is 10.0 Å². The number of rotatable bonds is 3. The van der Waals surface area contributed by atoms with E-state index in [1.54, 1.807) is 35.6 Å². The smallest absolute Gasteiger partial charge is 0.238 e. The van der Waals surface area contributed by atoms with Crippen molar-refractivity contribution in [3.05, 3.63) is 29.3 Å². The Morgan fingerprint density at radius 3 is 2.04 bits per heavy atom. The fourth-order valence-electron chi connectivity index (χ4n) is 2.65. The third-order valence-corrected chi connectivity index (χ3v) is 6.48. The van der Waals surface area contributed by atoms with Gasteiger partial charge in [0.1, 0.15) is 5.01 Å². The normalized spacial score (nSPS) is 16.3. The van der Waals surface area contributed by atoms with Crippen LogP contribution in [0.2, 0.25) is 0 Å². The van der Waals surface area contributed by atoms with Gasteiger partial charge < -0.3 is 9.80 Å². The van der Waals surface area contributed by atoms with Crippen LogP contribution in [0.4, 0.5) is 10.8 Å². The lowest BCUT2D eigenvalue weighted by Gasteiger charge is -2.35. The molecule has 7 nitrogen and oxygen atoms in total. The molecule has 1 aromatic heterocycles. The highest BCUT2D eigenvalue weighted by atomic mass is 32.2. The molecular weight excluding hydrogens is 358 g/mol. The number of piperazine rings is 1. The van der Waals surface area contributed by atoms with Crippen LogP contribution in [0.25, 0.3) is 0 Å². The second-order valence-electron chi connectivity index (χ2n) is 7.15. The molecule has 2 N–H and O–H groups in total. The van der Waals surface area contributed by atoms with E-state index in [2.05, 4.69) is 40.8 Å². The van der Waals surface area contributed by atoms with Crippen molar-refractivity contribution in [2.75, 3.05) is 36.0 Å². The molecule has 0 bridgehead atoms. The molecule has 1 aliphatic heterocycles. The van der Waals surface area contributed by atoms with Crippen LogP contribution < -0.4 is 14.9 Å². The van der Waals surface area contributed by atoms with Crippen LogP contribution >= 0.6 is 11.3 Å². The Kier molecular flexibility index (Phi) is 4.74. The predicted molar refractivity (Wildman–Crippen MR) is 101 cm³/mol. The molecule has 1 aromatic carbocycles. The lowest BCUT2D eigenvalue weighted by molar-refractivity contribution is 0.577. The molecule has 0 spiro atoms. The van der Waals surface area contributed by atoms with Crippen molar-refractivity contribution in [3.63, 3.8) is 0 Å². The number of primary sulfonamides is 1. The van der Waals surface area contributed by atoms with Crippen molar-refractivity contribution < 1.29 is 8.42 Å². The maximum absolute atomic E-state index is 11.3. The summed E-state index contributed by atoms with van der Waals surface area (Å²) in [5.41, 5.74) is 1.02. The van der Waals surface area contributed by atoms with E-state index in [1.165, 1.54) is 0 Å². The van der Waals surface area contributed by atoms with Crippen LogP contribution in [0.1, 0.15) is 25.8 Å². The molecular formula is C16H23N5O2S2. The predicted octanol–water partition coefficient (Wildman–Crippen LogP) is 1.81.